The summed E-state index contributed by atoms with van der Waals surface area (Å²) in [6.07, 6.45) is 0.906. The monoisotopic (exact) mass is 282 g/mol. The van der Waals surface area contributed by atoms with Crippen LogP contribution in [0.5, 0.6) is 11.5 Å². The summed E-state index contributed by atoms with van der Waals surface area (Å²) < 4.78 is 10.6. The molecule has 0 aromatic heterocycles. The van der Waals surface area contributed by atoms with Crippen LogP contribution in [0, 0.1) is 5.92 Å². The van der Waals surface area contributed by atoms with E-state index in [4.69, 9.17) is 9.47 Å². The first-order chi connectivity index (χ1) is 10.3. The standard InChI is InChI=1S/C18H18O3/c1-20-16-10-6-9-13(18(16)21-2)17(19)15-11-14(15)12-7-4-3-5-8-12/h3-10,14-15H,11H2,1-2H3. The van der Waals surface area contributed by atoms with Crippen molar-refractivity contribution in [3.63, 3.8) is 0 Å². The Morgan fingerprint density at radius 3 is 2.43 bits per heavy atom. The summed E-state index contributed by atoms with van der Waals surface area (Å²) >= 11 is 0. The van der Waals surface area contributed by atoms with E-state index in [-0.39, 0.29) is 11.7 Å². The Morgan fingerprint density at radius 1 is 1.00 bits per heavy atom. The fourth-order valence-electron chi connectivity index (χ4n) is 2.83. The van der Waals surface area contributed by atoms with Crippen molar-refractivity contribution in [1.82, 2.24) is 0 Å². The Balaban J connectivity index is 1.85. The Kier molecular flexibility index (Phi) is 3.65. The molecular weight excluding hydrogens is 264 g/mol. The number of carbonyl (C=O) groups is 1. The first kappa shape index (κ1) is 13.7. The second-order valence-corrected chi connectivity index (χ2v) is 5.26. The highest BCUT2D eigenvalue weighted by atomic mass is 16.5. The molecule has 0 N–H and O–H groups in total. The molecule has 1 fully saturated rings. The molecule has 0 amide bonds. The van der Waals surface area contributed by atoms with Gasteiger partial charge in [0.05, 0.1) is 19.8 Å². The van der Waals surface area contributed by atoms with E-state index in [2.05, 4.69) is 12.1 Å². The molecule has 1 saturated carbocycles. The summed E-state index contributed by atoms with van der Waals surface area (Å²) in [5.74, 6) is 1.64. The van der Waals surface area contributed by atoms with Crippen LogP contribution in [0.3, 0.4) is 0 Å². The second-order valence-electron chi connectivity index (χ2n) is 5.26. The number of para-hydroxylation sites is 1. The minimum Gasteiger partial charge on any atom is -0.493 e. The van der Waals surface area contributed by atoms with Crippen LogP contribution in [0.15, 0.2) is 48.5 Å². The molecule has 1 aliphatic rings. The van der Waals surface area contributed by atoms with Gasteiger partial charge < -0.3 is 9.47 Å². The lowest BCUT2D eigenvalue weighted by Crippen LogP contribution is -2.06. The number of hydrogen-bond acceptors (Lipinski definition) is 3. The van der Waals surface area contributed by atoms with Gasteiger partial charge in [-0.2, -0.15) is 0 Å². The number of benzene rings is 2. The van der Waals surface area contributed by atoms with Gasteiger partial charge in [0.15, 0.2) is 17.3 Å². The number of hydrogen-bond donors (Lipinski definition) is 0. The molecule has 2 aromatic rings. The SMILES string of the molecule is COc1cccc(C(=O)C2CC2c2ccccc2)c1OC. The number of rotatable bonds is 5. The summed E-state index contributed by atoms with van der Waals surface area (Å²) in [5, 5.41) is 0. The summed E-state index contributed by atoms with van der Waals surface area (Å²) in [6, 6.07) is 15.6. The molecule has 3 heteroatoms. The van der Waals surface area contributed by atoms with Gasteiger partial charge in [-0.3, -0.25) is 4.79 Å². The Morgan fingerprint density at radius 2 is 1.76 bits per heavy atom. The Bertz CT molecular complexity index is 649. The zero-order valence-electron chi connectivity index (χ0n) is 12.2. The lowest BCUT2D eigenvalue weighted by atomic mass is 10.0. The number of ketones is 1. The van der Waals surface area contributed by atoms with Crippen LogP contribution in [-0.2, 0) is 0 Å². The largest absolute Gasteiger partial charge is 0.493 e. The van der Waals surface area contributed by atoms with E-state index < -0.39 is 0 Å². The molecule has 2 atom stereocenters. The third kappa shape index (κ3) is 2.51. The van der Waals surface area contributed by atoms with Gasteiger partial charge in [-0.1, -0.05) is 36.4 Å². The molecule has 3 nitrogen and oxygen atoms in total. The van der Waals surface area contributed by atoms with Crippen LogP contribution < -0.4 is 9.47 Å². The first-order valence-corrected chi connectivity index (χ1v) is 7.06. The van der Waals surface area contributed by atoms with Gasteiger partial charge in [-0.25, -0.2) is 0 Å². The minimum atomic E-state index is 0.0495. The van der Waals surface area contributed by atoms with Crippen molar-refractivity contribution in [2.24, 2.45) is 5.92 Å². The van der Waals surface area contributed by atoms with Crippen molar-refractivity contribution in [2.45, 2.75) is 12.3 Å². The van der Waals surface area contributed by atoms with Crippen LogP contribution in [-0.4, -0.2) is 20.0 Å². The summed E-state index contributed by atoms with van der Waals surface area (Å²) in [4.78, 5) is 12.7. The van der Waals surface area contributed by atoms with Gasteiger partial charge in [-0.15, -0.1) is 0 Å². The Hall–Kier alpha value is -2.29. The molecule has 0 spiro atoms. The fraction of sp³-hybridized carbons (Fsp3) is 0.278. The van der Waals surface area contributed by atoms with E-state index in [1.807, 2.05) is 30.3 Å². The average molecular weight is 282 g/mol. The molecule has 21 heavy (non-hydrogen) atoms. The third-order valence-corrected chi connectivity index (χ3v) is 4.02. The van der Waals surface area contributed by atoms with Crippen LogP contribution in [0.25, 0.3) is 0 Å². The highest BCUT2D eigenvalue weighted by Gasteiger charge is 2.44. The number of carbonyl (C=O) groups excluding carboxylic acids is 1. The van der Waals surface area contributed by atoms with Gasteiger partial charge >= 0.3 is 0 Å². The predicted octanol–water partition coefficient (Wildman–Crippen LogP) is 3.69. The summed E-state index contributed by atoms with van der Waals surface area (Å²) in [5.41, 5.74) is 1.85. The lowest BCUT2D eigenvalue weighted by molar-refractivity contribution is 0.0961. The van der Waals surface area contributed by atoms with Crippen LogP contribution in [0.1, 0.15) is 28.3 Å². The first-order valence-electron chi connectivity index (χ1n) is 7.06. The van der Waals surface area contributed by atoms with Crippen LogP contribution in [0.2, 0.25) is 0 Å². The smallest absolute Gasteiger partial charge is 0.171 e. The molecule has 0 saturated heterocycles. The van der Waals surface area contributed by atoms with E-state index in [1.54, 1.807) is 20.3 Å². The van der Waals surface area contributed by atoms with Crippen molar-refractivity contribution >= 4 is 5.78 Å². The molecule has 0 bridgehead atoms. The van der Waals surface area contributed by atoms with Crippen LogP contribution >= 0.6 is 0 Å². The van der Waals surface area contributed by atoms with Gasteiger partial charge in [0.2, 0.25) is 0 Å². The molecule has 1 aliphatic carbocycles. The van der Waals surface area contributed by atoms with Gasteiger partial charge in [0.1, 0.15) is 0 Å². The lowest BCUT2D eigenvalue weighted by Gasteiger charge is -2.11. The molecule has 0 heterocycles. The summed E-state index contributed by atoms with van der Waals surface area (Å²) in [7, 11) is 3.15. The maximum atomic E-state index is 12.7. The van der Waals surface area contributed by atoms with Crippen molar-refractivity contribution in [3.8, 4) is 11.5 Å². The minimum absolute atomic E-state index is 0.0495. The number of ether oxygens (including phenoxy) is 2. The van der Waals surface area contributed by atoms with Gasteiger partial charge in [0.25, 0.3) is 0 Å². The molecule has 2 aromatic carbocycles. The van der Waals surface area contributed by atoms with Crippen molar-refractivity contribution in [3.05, 3.63) is 59.7 Å². The Labute approximate surface area is 124 Å². The zero-order chi connectivity index (χ0) is 14.8. The highest BCUT2D eigenvalue weighted by molar-refractivity contribution is 6.03. The van der Waals surface area contributed by atoms with Crippen molar-refractivity contribution in [2.75, 3.05) is 14.2 Å². The topological polar surface area (TPSA) is 35.5 Å². The molecule has 3 rings (SSSR count). The maximum Gasteiger partial charge on any atom is 0.171 e. The molecule has 108 valence electrons. The van der Waals surface area contributed by atoms with Crippen LogP contribution in [0.4, 0.5) is 0 Å². The number of methoxy groups -OCH3 is 2. The van der Waals surface area contributed by atoms with E-state index in [9.17, 15) is 4.79 Å². The average Bonchev–Trinajstić information content (AvgIpc) is 3.34. The van der Waals surface area contributed by atoms with E-state index in [0.29, 0.717) is 23.0 Å². The fourth-order valence-corrected chi connectivity index (χ4v) is 2.83. The third-order valence-electron chi connectivity index (χ3n) is 4.02. The summed E-state index contributed by atoms with van der Waals surface area (Å²) in [6.45, 7) is 0. The molecule has 2 unspecified atom stereocenters. The predicted molar refractivity (Wildman–Crippen MR) is 81.2 cm³/mol. The van der Waals surface area contributed by atoms with Crippen molar-refractivity contribution in [1.29, 1.82) is 0 Å². The normalized spacial score (nSPS) is 19.9. The van der Waals surface area contributed by atoms with E-state index in [1.165, 1.54) is 5.56 Å². The van der Waals surface area contributed by atoms with Crippen molar-refractivity contribution < 1.29 is 14.3 Å². The van der Waals surface area contributed by atoms with Gasteiger partial charge in [-0.05, 0) is 30.0 Å². The maximum absolute atomic E-state index is 12.7. The second kappa shape index (κ2) is 5.60. The number of Topliss-reactive ketones (excluding diaryl/α,β-unsaturated/α-hetero) is 1. The van der Waals surface area contributed by atoms with Gasteiger partial charge in [0, 0.05) is 5.92 Å². The highest BCUT2D eigenvalue weighted by Crippen LogP contribution is 2.50. The molecular formula is C18H18O3. The zero-order valence-corrected chi connectivity index (χ0v) is 12.2. The molecule has 0 radical (unpaired) electrons. The van der Waals surface area contributed by atoms with E-state index in [0.717, 1.165) is 6.42 Å². The quantitative estimate of drug-likeness (QED) is 0.785. The molecule has 0 aliphatic heterocycles. The van der Waals surface area contributed by atoms with E-state index >= 15 is 0 Å².